The second kappa shape index (κ2) is 5.23. The van der Waals surface area contributed by atoms with Crippen molar-refractivity contribution in [3.8, 4) is 0 Å². The van der Waals surface area contributed by atoms with Gasteiger partial charge in [0.25, 0.3) is 0 Å². The van der Waals surface area contributed by atoms with Crippen molar-refractivity contribution >= 4 is 39.9 Å². The Bertz CT molecular complexity index is 14.4. The first-order valence-corrected chi connectivity index (χ1v) is 1.61. The number of rotatable bonds is 0. The molecular formula is C2H6OPbS. The molecule has 0 saturated heterocycles. The molecule has 0 aliphatic carbocycles. The fourth-order valence-electron chi connectivity index (χ4n) is 0. The molecule has 1 N–H and O–H groups in total. The van der Waals surface area contributed by atoms with E-state index in [0.29, 0.717) is 0 Å². The van der Waals surface area contributed by atoms with E-state index in [1.807, 2.05) is 0 Å². The SMILES string of the molecule is CC(O)S.[Pb]. The molecule has 0 aromatic rings. The molecule has 1 atom stereocenters. The van der Waals surface area contributed by atoms with Crippen LogP contribution < -0.4 is 0 Å². The second-order valence-electron chi connectivity index (χ2n) is 0.632. The summed E-state index contributed by atoms with van der Waals surface area (Å²) in [5.74, 6) is 0. The Morgan fingerprint density at radius 3 is 1.80 bits per heavy atom. The van der Waals surface area contributed by atoms with E-state index in [0.717, 1.165) is 0 Å². The molecule has 5 heavy (non-hydrogen) atoms. The number of hydrogen-bond donors (Lipinski definition) is 2. The zero-order valence-electron chi connectivity index (χ0n) is 2.97. The molecule has 30 valence electrons. The Morgan fingerprint density at radius 2 is 1.80 bits per heavy atom. The van der Waals surface area contributed by atoms with Crippen LogP contribution in [0.15, 0.2) is 0 Å². The Morgan fingerprint density at radius 1 is 1.80 bits per heavy atom. The molecule has 3 heteroatoms. The van der Waals surface area contributed by atoms with Crippen LogP contribution in [-0.4, -0.2) is 37.8 Å². The van der Waals surface area contributed by atoms with E-state index < -0.39 is 5.44 Å². The molecule has 0 rings (SSSR count). The molecule has 0 spiro atoms. The van der Waals surface area contributed by atoms with E-state index in [-0.39, 0.29) is 27.3 Å². The minimum Gasteiger partial charge on any atom is -0.383 e. The molecule has 0 fully saturated rings. The first-order chi connectivity index (χ1) is 1.73. The van der Waals surface area contributed by atoms with Crippen LogP contribution in [0.4, 0.5) is 0 Å². The summed E-state index contributed by atoms with van der Waals surface area (Å²) >= 11 is 3.52. The fourth-order valence-corrected chi connectivity index (χ4v) is 0. The summed E-state index contributed by atoms with van der Waals surface area (Å²) in [6, 6.07) is 0. The van der Waals surface area contributed by atoms with Crippen LogP contribution in [-0.2, 0) is 0 Å². The summed E-state index contributed by atoms with van der Waals surface area (Å²) in [7, 11) is 0. The summed E-state index contributed by atoms with van der Waals surface area (Å²) in [5, 5.41) is 7.92. The molecule has 0 amide bonds. The van der Waals surface area contributed by atoms with E-state index in [1.165, 1.54) is 0 Å². The van der Waals surface area contributed by atoms with Crippen molar-refractivity contribution < 1.29 is 5.11 Å². The van der Waals surface area contributed by atoms with Gasteiger partial charge in [-0.3, -0.25) is 0 Å². The van der Waals surface area contributed by atoms with Crippen LogP contribution in [0.3, 0.4) is 0 Å². The van der Waals surface area contributed by atoms with Gasteiger partial charge in [-0.25, -0.2) is 0 Å². The van der Waals surface area contributed by atoms with E-state index in [2.05, 4.69) is 12.6 Å². The maximum absolute atomic E-state index is 7.92. The molecule has 0 aromatic heterocycles. The Kier molecular flexibility index (Phi) is 9.97. The Labute approximate surface area is 57.3 Å². The second-order valence-corrected chi connectivity index (χ2v) is 1.38. The van der Waals surface area contributed by atoms with Crippen molar-refractivity contribution in [2.75, 3.05) is 0 Å². The smallest absolute Gasteiger partial charge is 0.0936 e. The van der Waals surface area contributed by atoms with Crippen LogP contribution in [0.1, 0.15) is 6.92 Å². The van der Waals surface area contributed by atoms with Gasteiger partial charge in [-0.1, -0.05) is 0 Å². The van der Waals surface area contributed by atoms with E-state index >= 15 is 0 Å². The average molecular weight is 285 g/mol. The molecule has 0 heterocycles. The van der Waals surface area contributed by atoms with E-state index in [4.69, 9.17) is 5.11 Å². The summed E-state index contributed by atoms with van der Waals surface area (Å²) in [4.78, 5) is 0. The van der Waals surface area contributed by atoms with Gasteiger partial charge >= 0.3 is 0 Å². The van der Waals surface area contributed by atoms with Crippen LogP contribution in [0, 0.1) is 0 Å². The molecule has 0 aromatic carbocycles. The van der Waals surface area contributed by atoms with Gasteiger partial charge in [0, 0.05) is 27.3 Å². The van der Waals surface area contributed by atoms with E-state index in [9.17, 15) is 0 Å². The predicted octanol–water partition coefficient (Wildman–Crippen LogP) is -0.126. The van der Waals surface area contributed by atoms with Crippen molar-refractivity contribution in [2.24, 2.45) is 0 Å². The Balaban J connectivity index is 0. The van der Waals surface area contributed by atoms with Crippen molar-refractivity contribution in [1.82, 2.24) is 0 Å². The van der Waals surface area contributed by atoms with Crippen molar-refractivity contribution in [2.45, 2.75) is 12.4 Å². The van der Waals surface area contributed by atoms with Gasteiger partial charge in [0.15, 0.2) is 0 Å². The van der Waals surface area contributed by atoms with E-state index in [1.54, 1.807) is 6.92 Å². The predicted molar refractivity (Wildman–Crippen MR) is 26.4 cm³/mol. The topological polar surface area (TPSA) is 20.2 Å². The van der Waals surface area contributed by atoms with Gasteiger partial charge in [0.05, 0.1) is 5.44 Å². The maximum atomic E-state index is 7.92. The first-order valence-electron chi connectivity index (χ1n) is 1.09. The summed E-state index contributed by atoms with van der Waals surface area (Å²) in [6.07, 6.45) is 0. The van der Waals surface area contributed by atoms with Crippen LogP contribution >= 0.6 is 12.6 Å². The van der Waals surface area contributed by atoms with Crippen molar-refractivity contribution in [3.05, 3.63) is 0 Å². The van der Waals surface area contributed by atoms with Crippen LogP contribution in [0.2, 0.25) is 0 Å². The zero-order chi connectivity index (χ0) is 3.58. The third-order valence-electron chi connectivity index (χ3n) is 0. The molecule has 4 radical (unpaired) electrons. The minimum absolute atomic E-state index is 0. The van der Waals surface area contributed by atoms with Crippen LogP contribution in [0.25, 0.3) is 0 Å². The monoisotopic (exact) mass is 286 g/mol. The number of thiol groups is 1. The van der Waals surface area contributed by atoms with Gasteiger partial charge in [-0.05, 0) is 6.92 Å². The summed E-state index contributed by atoms with van der Waals surface area (Å²) in [6.45, 7) is 1.59. The van der Waals surface area contributed by atoms with Crippen molar-refractivity contribution in [3.63, 3.8) is 0 Å². The Hall–Kier alpha value is 1.23. The van der Waals surface area contributed by atoms with Crippen LogP contribution in [0.5, 0.6) is 0 Å². The molecule has 0 saturated carbocycles. The normalized spacial score (nSPS) is 12.6. The van der Waals surface area contributed by atoms with Gasteiger partial charge in [0.2, 0.25) is 0 Å². The maximum Gasteiger partial charge on any atom is 0.0936 e. The third-order valence-corrected chi connectivity index (χ3v) is 0. The fraction of sp³-hybridized carbons (Fsp3) is 1.00. The first kappa shape index (κ1) is 9.53. The number of hydrogen-bond acceptors (Lipinski definition) is 2. The van der Waals surface area contributed by atoms with Gasteiger partial charge in [-0.2, -0.15) is 0 Å². The molecule has 1 nitrogen and oxygen atoms in total. The molecular weight excluding hydrogens is 279 g/mol. The van der Waals surface area contributed by atoms with Gasteiger partial charge in [-0.15, -0.1) is 12.6 Å². The zero-order valence-corrected chi connectivity index (χ0v) is 7.75. The number of aliphatic hydroxyl groups excluding tert-OH is 1. The molecule has 1 unspecified atom stereocenters. The minimum atomic E-state index is -0.472. The summed E-state index contributed by atoms with van der Waals surface area (Å²) in [5.41, 5.74) is -0.472. The van der Waals surface area contributed by atoms with Gasteiger partial charge < -0.3 is 5.11 Å². The molecule has 0 aliphatic rings. The largest absolute Gasteiger partial charge is 0.383 e. The standard InChI is InChI=1S/C2H6OS.Pb/c1-2(3)4;/h2-4H,1H3;. The quantitative estimate of drug-likeness (QED) is 0.361. The molecule has 0 bridgehead atoms. The number of aliphatic hydroxyl groups is 1. The summed E-state index contributed by atoms with van der Waals surface area (Å²) < 4.78 is 0. The van der Waals surface area contributed by atoms with Gasteiger partial charge in [0.1, 0.15) is 0 Å². The third kappa shape index (κ3) is 36.0. The average Bonchev–Trinajstić information content (AvgIpc) is 0.811. The van der Waals surface area contributed by atoms with Crippen molar-refractivity contribution in [1.29, 1.82) is 0 Å². The molecule has 0 aliphatic heterocycles.